The third-order valence-electron chi connectivity index (χ3n) is 6.64. The Balaban J connectivity index is 0.980. The standard InChI is InChI=1S/C29H35N3O4/c1-33-27-8-3-2-7-26(27)32-18-16-31(17-19-32)15-6-20-34-24-13-11-23(12-14-24)30-21-25-22-35-28-9-4-5-10-29(28)36-25/h2-5,7-14,25,30H,6,15-22H2,1H3. The van der Waals surface area contributed by atoms with Gasteiger partial charge in [-0.15, -0.1) is 0 Å². The molecule has 1 unspecified atom stereocenters. The van der Waals surface area contributed by atoms with E-state index in [9.17, 15) is 0 Å². The number of para-hydroxylation sites is 4. The number of nitrogens with zero attached hydrogens (tertiary/aromatic N) is 2. The molecule has 36 heavy (non-hydrogen) atoms. The first-order valence-electron chi connectivity index (χ1n) is 12.7. The summed E-state index contributed by atoms with van der Waals surface area (Å²) in [4.78, 5) is 4.92. The minimum Gasteiger partial charge on any atom is -0.495 e. The number of hydrogen-bond acceptors (Lipinski definition) is 7. The van der Waals surface area contributed by atoms with Crippen LogP contribution in [-0.2, 0) is 0 Å². The summed E-state index contributed by atoms with van der Waals surface area (Å²) in [5.41, 5.74) is 2.23. The average Bonchev–Trinajstić information content (AvgIpc) is 2.95. The molecule has 0 bridgehead atoms. The summed E-state index contributed by atoms with van der Waals surface area (Å²) in [5, 5.41) is 3.43. The first-order chi connectivity index (χ1) is 17.8. The maximum absolute atomic E-state index is 6.01. The van der Waals surface area contributed by atoms with Crippen LogP contribution in [0.1, 0.15) is 6.42 Å². The molecule has 5 rings (SSSR count). The highest BCUT2D eigenvalue weighted by molar-refractivity contribution is 5.58. The summed E-state index contributed by atoms with van der Waals surface area (Å²) in [5.74, 6) is 3.46. The summed E-state index contributed by atoms with van der Waals surface area (Å²) >= 11 is 0. The Morgan fingerprint density at radius 1 is 0.889 bits per heavy atom. The van der Waals surface area contributed by atoms with E-state index in [4.69, 9.17) is 18.9 Å². The molecule has 0 radical (unpaired) electrons. The van der Waals surface area contributed by atoms with E-state index in [0.717, 1.165) is 67.8 Å². The zero-order valence-electron chi connectivity index (χ0n) is 20.9. The maximum atomic E-state index is 6.01. The molecule has 190 valence electrons. The Morgan fingerprint density at radius 2 is 1.64 bits per heavy atom. The van der Waals surface area contributed by atoms with E-state index in [0.29, 0.717) is 19.8 Å². The SMILES string of the molecule is COc1ccccc1N1CCN(CCCOc2ccc(NCC3COc4ccccc4O3)cc2)CC1. The van der Waals surface area contributed by atoms with Crippen LogP contribution in [-0.4, -0.2) is 70.6 Å². The average molecular weight is 490 g/mol. The van der Waals surface area contributed by atoms with Gasteiger partial charge >= 0.3 is 0 Å². The first kappa shape index (κ1) is 24.1. The van der Waals surface area contributed by atoms with E-state index >= 15 is 0 Å². The zero-order valence-corrected chi connectivity index (χ0v) is 20.9. The second kappa shape index (κ2) is 11.9. The van der Waals surface area contributed by atoms with Gasteiger partial charge in [-0.3, -0.25) is 4.90 Å². The monoisotopic (exact) mass is 489 g/mol. The summed E-state index contributed by atoms with van der Waals surface area (Å²) in [6, 6.07) is 24.2. The van der Waals surface area contributed by atoms with E-state index in [-0.39, 0.29) is 6.10 Å². The number of methoxy groups -OCH3 is 1. The van der Waals surface area contributed by atoms with Gasteiger partial charge in [-0.2, -0.15) is 0 Å². The van der Waals surface area contributed by atoms with Gasteiger partial charge in [-0.1, -0.05) is 24.3 Å². The Morgan fingerprint density at radius 3 is 2.44 bits per heavy atom. The van der Waals surface area contributed by atoms with Crippen molar-refractivity contribution in [1.29, 1.82) is 0 Å². The maximum Gasteiger partial charge on any atom is 0.161 e. The number of ether oxygens (including phenoxy) is 4. The van der Waals surface area contributed by atoms with Crippen LogP contribution in [0.3, 0.4) is 0 Å². The minimum atomic E-state index is -0.0209. The summed E-state index contributed by atoms with van der Waals surface area (Å²) < 4.78 is 23.3. The van der Waals surface area contributed by atoms with Crippen LogP contribution in [0.25, 0.3) is 0 Å². The van der Waals surface area contributed by atoms with E-state index in [1.54, 1.807) is 7.11 Å². The highest BCUT2D eigenvalue weighted by Crippen LogP contribution is 2.31. The zero-order chi connectivity index (χ0) is 24.6. The second-order valence-electron chi connectivity index (χ2n) is 9.11. The lowest BCUT2D eigenvalue weighted by Crippen LogP contribution is -2.46. The van der Waals surface area contributed by atoms with Crippen molar-refractivity contribution >= 4 is 11.4 Å². The second-order valence-corrected chi connectivity index (χ2v) is 9.11. The fourth-order valence-corrected chi connectivity index (χ4v) is 4.65. The molecular formula is C29H35N3O4. The van der Waals surface area contributed by atoms with E-state index in [1.165, 1.54) is 5.69 Å². The van der Waals surface area contributed by atoms with Crippen LogP contribution in [0.5, 0.6) is 23.0 Å². The first-order valence-corrected chi connectivity index (χ1v) is 12.7. The molecular weight excluding hydrogens is 454 g/mol. The van der Waals surface area contributed by atoms with Gasteiger partial charge in [0, 0.05) is 38.4 Å². The number of piperazine rings is 1. The van der Waals surface area contributed by atoms with Crippen LogP contribution in [0, 0.1) is 0 Å². The van der Waals surface area contributed by atoms with Gasteiger partial charge < -0.3 is 29.2 Å². The van der Waals surface area contributed by atoms with Gasteiger partial charge in [0.1, 0.15) is 24.2 Å². The Bertz CT molecular complexity index is 1100. The van der Waals surface area contributed by atoms with Crippen LogP contribution in [0.2, 0.25) is 0 Å². The molecule has 0 amide bonds. The highest BCUT2D eigenvalue weighted by atomic mass is 16.6. The Kier molecular flexibility index (Phi) is 7.98. The molecule has 2 aliphatic heterocycles. The van der Waals surface area contributed by atoms with Gasteiger partial charge in [0.05, 0.1) is 25.9 Å². The van der Waals surface area contributed by atoms with E-state index in [2.05, 4.69) is 27.2 Å². The molecule has 1 N–H and O–H groups in total. The van der Waals surface area contributed by atoms with Crippen molar-refractivity contribution in [2.24, 2.45) is 0 Å². The van der Waals surface area contributed by atoms with Crippen molar-refractivity contribution in [2.75, 3.05) is 69.8 Å². The molecule has 7 heteroatoms. The number of hydrogen-bond donors (Lipinski definition) is 1. The predicted octanol–water partition coefficient (Wildman–Crippen LogP) is 4.54. The topological polar surface area (TPSA) is 55.4 Å². The van der Waals surface area contributed by atoms with Gasteiger partial charge in [-0.05, 0) is 55.0 Å². The molecule has 1 fully saturated rings. The molecule has 3 aromatic rings. The predicted molar refractivity (Wildman–Crippen MR) is 143 cm³/mol. The summed E-state index contributed by atoms with van der Waals surface area (Å²) in [6.45, 7) is 7.12. The third kappa shape index (κ3) is 6.15. The van der Waals surface area contributed by atoms with Crippen molar-refractivity contribution in [3.05, 3.63) is 72.8 Å². The fourth-order valence-electron chi connectivity index (χ4n) is 4.65. The van der Waals surface area contributed by atoms with Crippen molar-refractivity contribution in [3.8, 4) is 23.0 Å². The number of rotatable bonds is 10. The largest absolute Gasteiger partial charge is 0.495 e. The van der Waals surface area contributed by atoms with E-state index < -0.39 is 0 Å². The van der Waals surface area contributed by atoms with Crippen molar-refractivity contribution in [1.82, 2.24) is 4.90 Å². The molecule has 0 aliphatic carbocycles. The Hall–Kier alpha value is -3.58. The van der Waals surface area contributed by atoms with Gasteiger partial charge in [0.15, 0.2) is 11.5 Å². The smallest absolute Gasteiger partial charge is 0.161 e. The fraction of sp³-hybridized carbons (Fsp3) is 0.379. The normalized spacial score (nSPS) is 17.5. The lowest BCUT2D eigenvalue weighted by Gasteiger charge is -2.36. The molecule has 7 nitrogen and oxygen atoms in total. The highest BCUT2D eigenvalue weighted by Gasteiger charge is 2.21. The van der Waals surface area contributed by atoms with Crippen LogP contribution < -0.4 is 29.2 Å². The number of benzene rings is 3. The third-order valence-corrected chi connectivity index (χ3v) is 6.64. The molecule has 2 heterocycles. The van der Waals surface area contributed by atoms with Crippen LogP contribution in [0.4, 0.5) is 11.4 Å². The number of fused-ring (bicyclic) bond motifs is 1. The minimum absolute atomic E-state index is 0.0209. The van der Waals surface area contributed by atoms with Crippen molar-refractivity contribution in [2.45, 2.75) is 12.5 Å². The molecule has 2 aliphatic rings. The molecule has 0 spiro atoms. The number of nitrogens with one attached hydrogen (secondary N) is 1. The molecule has 1 saturated heterocycles. The van der Waals surface area contributed by atoms with Gasteiger partial charge in [0.25, 0.3) is 0 Å². The molecule has 0 aromatic heterocycles. The molecule has 0 saturated carbocycles. The molecule has 3 aromatic carbocycles. The van der Waals surface area contributed by atoms with E-state index in [1.807, 2.05) is 60.7 Å². The molecule has 1 atom stereocenters. The lowest BCUT2D eigenvalue weighted by molar-refractivity contribution is 0.0997. The lowest BCUT2D eigenvalue weighted by atomic mass is 10.2. The number of anilines is 2. The van der Waals surface area contributed by atoms with Crippen molar-refractivity contribution in [3.63, 3.8) is 0 Å². The Labute approximate surface area is 213 Å². The van der Waals surface area contributed by atoms with Crippen LogP contribution >= 0.6 is 0 Å². The van der Waals surface area contributed by atoms with Crippen LogP contribution in [0.15, 0.2) is 72.8 Å². The van der Waals surface area contributed by atoms with Gasteiger partial charge in [0.2, 0.25) is 0 Å². The van der Waals surface area contributed by atoms with Crippen molar-refractivity contribution < 1.29 is 18.9 Å². The van der Waals surface area contributed by atoms with Gasteiger partial charge in [-0.25, -0.2) is 0 Å². The quantitative estimate of drug-likeness (QED) is 0.420. The summed E-state index contributed by atoms with van der Waals surface area (Å²) in [7, 11) is 1.74. The summed E-state index contributed by atoms with van der Waals surface area (Å²) in [6.07, 6.45) is 0.988.